The first-order valence-corrected chi connectivity index (χ1v) is 29.2. The molecule has 0 radical (unpaired) electrons. The highest BCUT2D eigenvalue weighted by Gasteiger charge is 2.36. The summed E-state index contributed by atoms with van der Waals surface area (Å²) >= 11 is 6.07. The number of nitrogens with two attached hydrogens (primary N) is 2. The van der Waals surface area contributed by atoms with Crippen molar-refractivity contribution in [1.29, 1.82) is 0 Å². The van der Waals surface area contributed by atoms with Crippen molar-refractivity contribution in [2.24, 2.45) is 11.5 Å². The lowest BCUT2D eigenvalue weighted by Crippen LogP contribution is -2.62. The number of benzene rings is 3. The zero-order chi connectivity index (χ0) is 58.8. The van der Waals surface area contributed by atoms with Gasteiger partial charge < -0.3 is 69.3 Å². The molecule has 0 bridgehead atoms. The maximum Gasteiger partial charge on any atom is 0.252 e. The van der Waals surface area contributed by atoms with E-state index in [4.69, 9.17) is 23.1 Å². The standard InChI is InChI=1S/C55H70ClN11O12S2/c1-32(68)47-55(79)66-45(54(78)64-42(48(58)72)27-34-12-19-38(69)20-13-34)31-81-80-30-44(61-46(71)23-16-33-10-17-37(56)18-11-33)53(77)65-43(28-35-14-21-39(70)22-15-35)52(76)63-40(50(74)62-41(51(75)67-47)8-2-4-24-57)9-3-5-26-60-49(73)36-7-6-25-59-29-36/h6-7,10-15,17-22,25,29,32,40-45,47,68-70H,2-5,8-9,16,23-24,26-28,30-31,57H2,1H3,(H2,58,72)(H,60,73)(H,61,71)(H,62,74)(H,63,76)(H,64,78)(H,65,77)(H,66,79)(H,67,75)/t32-,40-,41?,42-,43+,44-,45+,47+/m1/s1. The van der Waals surface area contributed by atoms with Crippen LogP contribution in [0.1, 0.15) is 78.9 Å². The summed E-state index contributed by atoms with van der Waals surface area (Å²) in [5.74, 6) is -7.78. The summed E-state index contributed by atoms with van der Waals surface area (Å²) in [4.78, 5) is 130. The number of amides is 9. The van der Waals surface area contributed by atoms with Gasteiger partial charge >= 0.3 is 0 Å². The molecule has 1 aliphatic heterocycles. The Labute approximate surface area is 481 Å². The molecular formula is C55H70ClN11O12S2. The van der Waals surface area contributed by atoms with E-state index in [1.807, 2.05) is 0 Å². The molecule has 5 rings (SSSR count). The van der Waals surface area contributed by atoms with Crippen LogP contribution in [0.4, 0.5) is 0 Å². The first-order chi connectivity index (χ1) is 38.8. The Bertz CT molecular complexity index is 2750. The van der Waals surface area contributed by atoms with Gasteiger partial charge in [0.25, 0.3) is 5.91 Å². The first-order valence-electron chi connectivity index (χ1n) is 26.3. The number of unbranched alkanes of at least 4 members (excludes halogenated alkanes) is 2. The number of aliphatic hydroxyl groups is 1. The van der Waals surface area contributed by atoms with Crippen molar-refractivity contribution in [1.82, 2.24) is 47.5 Å². The topological polar surface area (TPSA) is 375 Å². The van der Waals surface area contributed by atoms with Crippen molar-refractivity contribution in [3.8, 4) is 11.5 Å². The molecule has 1 saturated heterocycles. The molecule has 26 heteroatoms. The monoisotopic (exact) mass is 1180 g/mol. The maximum absolute atomic E-state index is 14.7. The predicted octanol–water partition coefficient (Wildman–Crippen LogP) is 0.948. The fraction of sp³-hybridized carbons (Fsp3) is 0.418. The third kappa shape index (κ3) is 22.2. The highest BCUT2D eigenvalue weighted by Crippen LogP contribution is 2.24. The Balaban J connectivity index is 1.51. The summed E-state index contributed by atoms with van der Waals surface area (Å²) in [6.07, 6.45) is 2.45. The van der Waals surface area contributed by atoms with Gasteiger partial charge in [-0.1, -0.05) is 69.6 Å². The van der Waals surface area contributed by atoms with Crippen LogP contribution in [0.25, 0.3) is 0 Å². The number of pyridine rings is 1. The van der Waals surface area contributed by atoms with Crippen LogP contribution in [0.5, 0.6) is 11.5 Å². The Morgan fingerprint density at radius 3 is 1.90 bits per heavy atom. The van der Waals surface area contributed by atoms with Gasteiger partial charge in [-0.3, -0.25) is 48.1 Å². The summed E-state index contributed by atoms with van der Waals surface area (Å²) < 4.78 is 0. The number of rotatable bonds is 22. The number of phenolic OH excluding ortho intramolecular Hbond substituents is 2. The summed E-state index contributed by atoms with van der Waals surface area (Å²) in [7, 11) is 1.99. The van der Waals surface area contributed by atoms with Crippen LogP contribution in [-0.4, -0.2) is 146 Å². The molecule has 9 amide bonds. The van der Waals surface area contributed by atoms with E-state index in [2.05, 4.69) is 47.5 Å². The molecule has 4 aromatic rings. The molecule has 3 aromatic carbocycles. The number of nitrogens with zero attached hydrogens (tertiary/aromatic N) is 1. The number of hydrogen-bond donors (Lipinski definition) is 13. The highest BCUT2D eigenvalue weighted by atomic mass is 35.5. The zero-order valence-corrected chi connectivity index (χ0v) is 47.0. The number of carbonyl (C=O) groups is 9. The second kappa shape index (κ2) is 33.3. The van der Waals surface area contributed by atoms with E-state index in [1.54, 1.807) is 36.4 Å². The lowest BCUT2D eigenvalue weighted by Gasteiger charge is -2.29. The van der Waals surface area contributed by atoms with Gasteiger partial charge in [0.05, 0.1) is 11.7 Å². The maximum atomic E-state index is 14.7. The SMILES string of the molecule is C[C@@H](O)[C@@H]1NC(=O)C(CCCCN)NC(=O)[C@@H](CCCCNC(=O)c2cccnc2)NC(=O)[C@H](Cc2ccc(O)cc2)NC(=O)[C@H](NC(=O)CCc2ccc(Cl)cc2)CSSC[C@@H](C(=O)N[C@H](Cc2ccc(O)cc2)C(N)=O)NC1=O. The first kappa shape index (κ1) is 64.4. The number of halogens is 1. The molecule has 1 aromatic heterocycles. The van der Waals surface area contributed by atoms with Gasteiger partial charge in [0, 0.05) is 54.7 Å². The number of hydrogen-bond acceptors (Lipinski definition) is 16. The highest BCUT2D eigenvalue weighted by molar-refractivity contribution is 8.76. The van der Waals surface area contributed by atoms with Crippen LogP contribution >= 0.6 is 33.2 Å². The third-order valence-electron chi connectivity index (χ3n) is 12.8. The van der Waals surface area contributed by atoms with E-state index in [1.165, 1.54) is 67.8 Å². The third-order valence-corrected chi connectivity index (χ3v) is 15.5. The fourth-order valence-electron chi connectivity index (χ4n) is 8.26. The molecule has 1 fully saturated rings. The van der Waals surface area contributed by atoms with E-state index in [-0.39, 0.29) is 86.9 Å². The quantitative estimate of drug-likeness (QED) is 0.0385. The van der Waals surface area contributed by atoms with Crippen LogP contribution in [0.2, 0.25) is 5.02 Å². The predicted molar refractivity (Wildman–Crippen MR) is 306 cm³/mol. The molecule has 0 aliphatic carbocycles. The molecular weight excluding hydrogens is 1110 g/mol. The number of aryl methyl sites for hydroxylation is 1. The van der Waals surface area contributed by atoms with E-state index in [0.717, 1.165) is 27.2 Å². The number of aromatic nitrogens is 1. The van der Waals surface area contributed by atoms with Crippen LogP contribution in [0.15, 0.2) is 97.3 Å². The molecule has 15 N–H and O–H groups in total. The van der Waals surface area contributed by atoms with Crippen molar-refractivity contribution in [2.45, 2.75) is 120 Å². The van der Waals surface area contributed by atoms with E-state index in [0.29, 0.717) is 41.0 Å². The smallest absolute Gasteiger partial charge is 0.252 e. The largest absolute Gasteiger partial charge is 0.508 e. The summed E-state index contributed by atoms with van der Waals surface area (Å²) in [6, 6.07) is 11.6. The molecule has 0 spiro atoms. The van der Waals surface area contributed by atoms with Gasteiger partial charge in [-0.2, -0.15) is 0 Å². The number of primary amides is 1. The lowest BCUT2D eigenvalue weighted by atomic mass is 10.0. The average Bonchev–Trinajstić information content (AvgIpc) is 3.44. The van der Waals surface area contributed by atoms with Crippen LogP contribution in [0, 0.1) is 0 Å². The minimum Gasteiger partial charge on any atom is -0.508 e. The van der Waals surface area contributed by atoms with Gasteiger partial charge in [0.1, 0.15) is 53.8 Å². The molecule has 1 unspecified atom stereocenters. The number of carbonyl (C=O) groups excluding carboxylic acids is 9. The minimum absolute atomic E-state index is 0.0231. The van der Waals surface area contributed by atoms with Gasteiger partial charge in [0.15, 0.2) is 0 Å². The summed E-state index contributed by atoms with van der Waals surface area (Å²) in [5, 5.41) is 52.8. The normalized spacial score (nSPS) is 20.4. The Morgan fingerprint density at radius 2 is 1.30 bits per heavy atom. The number of aliphatic hydroxyl groups excluding tert-OH is 1. The zero-order valence-electron chi connectivity index (χ0n) is 44.6. The molecule has 2 heterocycles. The molecule has 81 heavy (non-hydrogen) atoms. The second-order valence-electron chi connectivity index (χ2n) is 19.3. The van der Waals surface area contributed by atoms with Gasteiger partial charge in [0.2, 0.25) is 47.3 Å². The van der Waals surface area contributed by atoms with Crippen molar-refractivity contribution < 1.29 is 58.5 Å². The van der Waals surface area contributed by atoms with E-state index >= 15 is 0 Å². The fourth-order valence-corrected chi connectivity index (χ4v) is 10.7. The van der Waals surface area contributed by atoms with Crippen LogP contribution in [0.3, 0.4) is 0 Å². The van der Waals surface area contributed by atoms with Crippen LogP contribution in [-0.2, 0) is 57.6 Å². The Hall–Kier alpha value is -7.45. The van der Waals surface area contributed by atoms with Crippen LogP contribution < -0.4 is 54.0 Å². The molecule has 0 saturated carbocycles. The minimum atomic E-state index is -1.73. The molecule has 436 valence electrons. The van der Waals surface area contributed by atoms with Gasteiger partial charge in [-0.05, 0) is 124 Å². The van der Waals surface area contributed by atoms with Crippen molar-refractivity contribution in [3.05, 3.63) is 125 Å². The summed E-state index contributed by atoms with van der Waals surface area (Å²) in [5.41, 5.74) is 13.6. The Morgan fingerprint density at radius 1 is 0.716 bits per heavy atom. The van der Waals surface area contributed by atoms with Gasteiger partial charge in [-0.15, -0.1) is 0 Å². The van der Waals surface area contributed by atoms with Crippen molar-refractivity contribution in [2.75, 3.05) is 24.6 Å². The van der Waals surface area contributed by atoms with Crippen molar-refractivity contribution >= 4 is 86.4 Å². The van der Waals surface area contributed by atoms with E-state index < -0.39 is 95.7 Å². The molecule has 23 nitrogen and oxygen atoms in total. The number of nitrogens with one attached hydrogen (secondary N) is 8. The second-order valence-corrected chi connectivity index (χ2v) is 22.3. The van der Waals surface area contributed by atoms with Crippen molar-refractivity contribution in [3.63, 3.8) is 0 Å². The number of aromatic hydroxyl groups is 2. The molecule has 8 atom stereocenters. The Kier molecular flexibility index (Phi) is 26.5. The summed E-state index contributed by atoms with van der Waals surface area (Å²) in [6.45, 7) is 1.61. The molecule has 1 aliphatic rings. The van der Waals surface area contributed by atoms with E-state index in [9.17, 15) is 58.5 Å². The van der Waals surface area contributed by atoms with Gasteiger partial charge in [-0.25, -0.2) is 0 Å². The number of phenols is 2. The lowest BCUT2D eigenvalue weighted by molar-refractivity contribution is -0.136. The average molecular weight is 1180 g/mol.